The summed E-state index contributed by atoms with van der Waals surface area (Å²) < 4.78 is 5.60. The molecule has 0 saturated heterocycles. The Morgan fingerprint density at radius 2 is 1.95 bits per heavy atom. The second kappa shape index (κ2) is 6.19. The standard InChI is InChI=1S/C16H13N3O3/c20-16(19-21)12-6-7-13-14(8-12)18-15(9-17-13)22-10-11-4-2-1-3-5-11/h1-9,21H,10H2,(H,19,20). The predicted octanol–water partition coefficient (Wildman–Crippen LogP) is 2.33. The van der Waals surface area contributed by atoms with E-state index in [1.54, 1.807) is 23.7 Å². The summed E-state index contributed by atoms with van der Waals surface area (Å²) in [5, 5.41) is 8.66. The number of aromatic nitrogens is 2. The minimum absolute atomic E-state index is 0.296. The summed E-state index contributed by atoms with van der Waals surface area (Å²) in [5.74, 6) is -0.225. The molecule has 0 atom stereocenters. The highest BCUT2D eigenvalue weighted by Gasteiger charge is 2.07. The first-order valence-corrected chi connectivity index (χ1v) is 6.64. The molecule has 2 N–H and O–H groups in total. The number of carbonyl (C=O) groups is 1. The molecule has 2 aromatic carbocycles. The fourth-order valence-electron chi connectivity index (χ4n) is 2.00. The molecule has 110 valence electrons. The Kier molecular flexibility index (Phi) is 3.93. The molecule has 0 aliphatic heterocycles. The van der Waals surface area contributed by atoms with E-state index >= 15 is 0 Å². The number of fused-ring (bicyclic) bond motifs is 1. The van der Waals surface area contributed by atoms with Gasteiger partial charge in [0.25, 0.3) is 5.91 Å². The van der Waals surface area contributed by atoms with Crippen molar-refractivity contribution < 1.29 is 14.7 Å². The van der Waals surface area contributed by atoms with Crippen molar-refractivity contribution in [2.45, 2.75) is 6.61 Å². The number of amides is 1. The molecular formula is C16H13N3O3. The number of benzene rings is 2. The van der Waals surface area contributed by atoms with Gasteiger partial charge in [-0.3, -0.25) is 10.0 Å². The van der Waals surface area contributed by atoms with Gasteiger partial charge >= 0.3 is 0 Å². The Morgan fingerprint density at radius 1 is 1.14 bits per heavy atom. The first kappa shape index (κ1) is 14.0. The molecule has 3 aromatic rings. The van der Waals surface area contributed by atoms with Gasteiger partial charge in [-0.1, -0.05) is 30.3 Å². The molecule has 0 aliphatic rings. The minimum Gasteiger partial charge on any atom is -0.472 e. The molecule has 0 saturated carbocycles. The highest BCUT2D eigenvalue weighted by molar-refractivity contribution is 5.96. The van der Waals surface area contributed by atoms with E-state index in [9.17, 15) is 4.79 Å². The van der Waals surface area contributed by atoms with Crippen LogP contribution in [-0.4, -0.2) is 21.1 Å². The average Bonchev–Trinajstić information content (AvgIpc) is 2.59. The second-order valence-electron chi connectivity index (χ2n) is 4.63. The average molecular weight is 295 g/mol. The van der Waals surface area contributed by atoms with Crippen LogP contribution in [0.2, 0.25) is 0 Å². The fraction of sp³-hybridized carbons (Fsp3) is 0.0625. The van der Waals surface area contributed by atoms with Crippen LogP contribution in [0.5, 0.6) is 5.88 Å². The van der Waals surface area contributed by atoms with Crippen LogP contribution in [0.4, 0.5) is 0 Å². The smallest absolute Gasteiger partial charge is 0.274 e. The summed E-state index contributed by atoms with van der Waals surface area (Å²) in [6.45, 7) is 0.387. The van der Waals surface area contributed by atoms with Gasteiger partial charge in [0.15, 0.2) is 0 Å². The molecule has 0 unspecified atom stereocenters. The maximum atomic E-state index is 11.4. The summed E-state index contributed by atoms with van der Waals surface area (Å²) >= 11 is 0. The number of hydrogen-bond donors (Lipinski definition) is 2. The molecule has 3 rings (SSSR count). The number of nitrogens with zero attached hydrogens (tertiary/aromatic N) is 2. The van der Waals surface area contributed by atoms with Crippen molar-refractivity contribution in [1.29, 1.82) is 0 Å². The third-order valence-electron chi connectivity index (χ3n) is 3.11. The molecule has 1 amide bonds. The maximum absolute atomic E-state index is 11.4. The summed E-state index contributed by atoms with van der Waals surface area (Å²) in [6, 6.07) is 14.5. The molecule has 6 nitrogen and oxygen atoms in total. The van der Waals surface area contributed by atoms with Crippen molar-refractivity contribution in [3.63, 3.8) is 0 Å². The van der Waals surface area contributed by atoms with Gasteiger partial charge in [0, 0.05) is 5.56 Å². The Balaban J connectivity index is 1.83. The van der Waals surface area contributed by atoms with Crippen LogP contribution < -0.4 is 10.2 Å². The molecule has 1 aromatic heterocycles. The van der Waals surface area contributed by atoms with Crippen molar-refractivity contribution in [1.82, 2.24) is 15.4 Å². The van der Waals surface area contributed by atoms with Gasteiger partial charge in [0.1, 0.15) is 6.61 Å². The quantitative estimate of drug-likeness (QED) is 0.570. The number of hydrogen-bond acceptors (Lipinski definition) is 5. The van der Waals surface area contributed by atoms with Crippen LogP contribution in [0.3, 0.4) is 0 Å². The van der Waals surface area contributed by atoms with Crippen LogP contribution in [-0.2, 0) is 6.61 Å². The molecule has 0 radical (unpaired) electrons. The fourth-order valence-corrected chi connectivity index (χ4v) is 2.00. The third-order valence-corrected chi connectivity index (χ3v) is 3.11. The Labute approximate surface area is 126 Å². The molecular weight excluding hydrogens is 282 g/mol. The summed E-state index contributed by atoms with van der Waals surface area (Å²) in [7, 11) is 0. The second-order valence-corrected chi connectivity index (χ2v) is 4.63. The number of rotatable bonds is 4. The molecule has 22 heavy (non-hydrogen) atoms. The van der Waals surface area contributed by atoms with E-state index in [0.717, 1.165) is 5.56 Å². The molecule has 1 heterocycles. The lowest BCUT2D eigenvalue weighted by Gasteiger charge is -2.06. The van der Waals surface area contributed by atoms with Crippen molar-refractivity contribution >= 4 is 16.9 Å². The topological polar surface area (TPSA) is 84.3 Å². The van der Waals surface area contributed by atoms with Crippen LogP contribution in [0.25, 0.3) is 11.0 Å². The van der Waals surface area contributed by atoms with Crippen molar-refractivity contribution in [3.8, 4) is 5.88 Å². The van der Waals surface area contributed by atoms with E-state index < -0.39 is 5.91 Å². The predicted molar refractivity (Wildman–Crippen MR) is 79.6 cm³/mol. The molecule has 0 spiro atoms. The van der Waals surface area contributed by atoms with E-state index in [4.69, 9.17) is 9.94 Å². The highest BCUT2D eigenvalue weighted by atomic mass is 16.5. The largest absolute Gasteiger partial charge is 0.472 e. The van der Waals surface area contributed by atoms with E-state index in [1.807, 2.05) is 30.3 Å². The number of hydroxylamine groups is 1. The van der Waals surface area contributed by atoms with Crippen molar-refractivity contribution in [3.05, 3.63) is 65.9 Å². The first-order valence-electron chi connectivity index (χ1n) is 6.64. The number of carbonyl (C=O) groups excluding carboxylic acids is 1. The zero-order valence-electron chi connectivity index (χ0n) is 11.6. The minimum atomic E-state index is -0.598. The Bertz CT molecular complexity index is 806. The molecule has 0 bridgehead atoms. The summed E-state index contributed by atoms with van der Waals surface area (Å²) in [5.41, 5.74) is 4.07. The van der Waals surface area contributed by atoms with Crippen molar-refractivity contribution in [2.24, 2.45) is 0 Å². The lowest BCUT2D eigenvalue weighted by molar-refractivity contribution is 0.0706. The van der Waals surface area contributed by atoms with Crippen LogP contribution in [0, 0.1) is 0 Å². The van der Waals surface area contributed by atoms with E-state index in [2.05, 4.69) is 9.97 Å². The summed E-state index contributed by atoms with van der Waals surface area (Å²) in [4.78, 5) is 20.0. The lowest BCUT2D eigenvalue weighted by Crippen LogP contribution is -2.18. The van der Waals surface area contributed by atoms with Crippen LogP contribution in [0.15, 0.2) is 54.7 Å². The zero-order valence-corrected chi connectivity index (χ0v) is 11.6. The van der Waals surface area contributed by atoms with Gasteiger partial charge in [-0.05, 0) is 23.8 Å². The zero-order chi connectivity index (χ0) is 15.4. The third kappa shape index (κ3) is 3.02. The number of nitrogens with one attached hydrogen (secondary N) is 1. The van der Waals surface area contributed by atoms with Gasteiger partial charge in [-0.15, -0.1) is 0 Å². The maximum Gasteiger partial charge on any atom is 0.274 e. The van der Waals surface area contributed by atoms with E-state index in [0.29, 0.717) is 29.1 Å². The number of ether oxygens (including phenoxy) is 1. The molecule has 6 heteroatoms. The lowest BCUT2D eigenvalue weighted by atomic mass is 10.2. The van der Waals surface area contributed by atoms with Gasteiger partial charge in [-0.2, -0.15) is 0 Å². The monoisotopic (exact) mass is 295 g/mol. The van der Waals surface area contributed by atoms with Crippen LogP contribution in [0.1, 0.15) is 15.9 Å². The van der Waals surface area contributed by atoms with Gasteiger partial charge < -0.3 is 4.74 Å². The van der Waals surface area contributed by atoms with Crippen molar-refractivity contribution in [2.75, 3.05) is 0 Å². The highest BCUT2D eigenvalue weighted by Crippen LogP contribution is 2.16. The SMILES string of the molecule is O=C(NO)c1ccc2ncc(OCc3ccccc3)nc2c1. The molecule has 0 fully saturated rings. The Hall–Kier alpha value is -2.99. The normalized spacial score (nSPS) is 10.4. The molecule has 0 aliphatic carbocycles. The van der Waals surface area contributed by atoms with E-state index in [1.165, 1.54) is 6.20 Å². The van der Waals surface area contributed by atoms with Gasteiger partial charge in [-0.25, -0.2) is 15.4 Å². The van der Waals surface area contributed by atoms with E-state index in [-0.39, 0.29) is 0 Å². The van der Waals surface area contributed by atoms with Crippen LogP contribution >= 0.6 is 0 Å². The van der Waals surface area contributed by atoms with Gasteiger partial charge in [0.2, 0.25) is 5.88 Å². The summed E-state index contributed by atoms with van der Waals surface area (Å²) in [6.07, 6.45) is 1.54. The Morgan fingerprint density at radius 3 is 2.73 bits per heavy atom. The first-order chi connectivity index (χ1) is 10.8. The van der Waals surface area contributed by atoms with Gasteiger partial charge in [0.05, 0.1) is 17.2 Å².